The predicted octanol–water partition coefficient (Wildman–Crippen LogP) is 1.53. The number of hydrogen-bond donors (Lipinski definition) is 0. The maximum Gasteiger partial charge on any atom is 0.356 e. The number of pyridine rings is 1. The van der Waals surface area contributed by atoms with Crippen molar-refractivity contribution in [2.45, 2.75) is 18.8 Å². The molecule has 1 heterocycles. The molecule has 0 saturated heterocycles. The molecular formula is C12H13NO4. The van der Waals surface area contributed by atoms with Gasteiger partial charge in [0.25, 0.3) is 0 Å². The number of esters is 2. The highest BCUT2D eigenvalue weighted by Crippen LogP contribution is 2.39. The first-order valence-corrected chi connectivity index (χ1v) is 5.34. The molecule has 0 aromatic carbocycles. The van der Waals surface area contributed by atoms with Gasteiger partial charge in [-0.3, -0.25) is 0 Å². The van der Waals surface area contributed by atoms with Crippen molar-refractivity contribution in [2.24, 2.45) is 0 Å². The van der Waals surface area contributed by atoms with E-state index in [-0.39, 0.29) is 5.69 Å². The summed E-state index contributed by atoms with van der Waals surface area (Å²) in [6.45, 7) is 0. The molecule has 1 fully saturated rings. The fourth-order valence-corrected chi connectivity index (χ4v) is 1.58. The molecule has 0 N–H and O–H groups in total. The Balaban J connectivity index is 2.41. The maximum atomic E-state index is 11.5. The van der Waals surface area contributed by atoms with Gasteiger partial charge >= 0.3 is 11.9 Å². The van der Waals surface area contributed by atoms with Crippen molar-refractivity contribution in [1.29, 1.82) is 0 Å². The lowest BCUT2D eigenvalue weighted by Crippen LogP contribution is -2.10. The van der Waals surface area contributed by atoms with Crippen molar-refractivity contribution in [3.05, 3.63) is 29.1 Å². The minimum Gasteiger partial charge on any atom is -0.465 e. The molecule has 0 bridgehead atoms. The van der Waals surface area contributed by atoms with Gasteiger partial charge in [-0.2, -0.15) is 0 Å². The maximum absolute atomic E-state index is 11.5. The third-order valence-electron chi connectivity index (χ3n) is 2.66. The Bertz CT molecular complexity index is 431. The number of aromatic nitrogens is 1. The summed E-state index contributed by atoms with van der Waals surface area (Å²) < 4.78 is 9.25. The molecule has 1 aliphatic carbocycles. The highest BCUT2D eigenvalue weighted by atomic mass is 16.5. The van der Waals surface area contributed by atoms with Gasteiger partial charge in [0.05, 0.1) is 19.8 Å². The SMILES string of the molecule is COC(=O)c1cc(C(=O)OC)nc(C2CC2)c1. The minimum absolute atomic E-state index is 0.150. The number of nitrogens with zero attached hydrogens (tertiary/aromatic N) is 1. The predicted molar refractivity (Wildman–Crippen MR) is 58.9 cm³/mol. The highest BCUT2D eigenvalue weighted by molar-refractivity contribution is 5.94. The number of hydrogen-bond acceptors (Lipinski definition) is 5. The van der Waals surface area contributed by atoms with Crippen molar-refractivity contribution in [3.8, 4) is 0 Å². The van der Waals surface area contributed by atoms with Crippen LogP contribution in [0.5, 0.6) is 0 Å². The quantitative estimate of drug-likeness (QED) is 0.743. The summed E-state index contributed by atoms with van der Waals surface area (Å²) in [5.74, 6) is -0.667. The summed E-state index contributed by atoms with van der Waals surface area (Å²) in [5.41, 5.74) is 1.25. The van der Waals surface area contributed by atoms with E-state index in [9.17, 15) is 9.59 Å². The second-order valence-electron chi connectivity index (χ2n) is 3.92. The van der Waals surface area contributed by atoms with E-state index in [0.717, 1.165) is 18.5 Å². The average Bonchev–Trinajstić information content (AvgIpc) is 3.20. The van der Waals surface area contributed by atoms with Crippen LogP contribution in [0.1, 0.15) is 45.3 Å². The van der Waals surface area contributed by atoms with E-state index in [1.54, 1.807) is 6.07 Å². The summed E-state index contributed by atoms with van der Waals surface area (Å²) in [4.78, 5) is 27.1. The van der Waals surface area contributed by atoms with Crippen LogP contribution in [0.2, 0.25) is 0 Å². The lowest BCUT2D eigenvalue weighted by Gasteiger charge is -2.05. The van der Waals surface area contributed by atoms with E-state index in [2.05, 4.69) is 14.5 Å². The van der Waals surface area contributed by atoms with Crippen LogP contribution in [-0.2, 0) is 9.47 Å². The van der Waals surface area contributed by atoms with Gasteiger partial charge in [-0.15, -0.1) is 0 Å². The zero-order chi connectivity index (χ0) is 12.4. The number of carbonyl (C=O) groups is 2. The number of rotatable bonds is 3. The van der Waals surface area contributed by atoms with Crippen molar-refractivity contribution in [2.75, 3.05) is 14.2 Å². The van der Waals surface area contributed by atoms with Gasteiger partial charge in [0.1, 0.15) is 5.69 Å². The zero-order valence-corrected chi connectivity index (χ0v) is 9.73. The molecule has 0 amide bonds. The average molecular weight is 235 g/mol. The first-order valence-electron chi connectivity index (χ1n) is 5.34. The van der Waals surface area contributed by atoms with E-state index in [0.29, 0.717) is 11.5 Å². The third-order valence-corrected chi connectivity index (χ3v) is 2.66. The van der Waals surface area contributed by atoms with Gasteiger partial charge in [0.2, 0.25) is 0 Å². The van der Waals surface area contributed by atoms with Crippen LogP contribution < -0.4 is 0 Å². The largest absolute Gasteiger partial charge is 0.465 e. The molecule has 0 unspecified atom stereocenters. The smallest absolute Gasteiger partial charge is 0.356 e. The summed E-state index contributed by atoms with van der Waals surface area (Å²) in [6.07, 6.45) is 2.08. The zero-order valence-electron chi connectivity index (χ0n) is 9.73. The molecule has 0 atom stereocenters. The van der Waals surface area contributed by atoms with Gasteiger partial charge in [-0.1, -0.05) is 0 Å². The van der Waals surface area contributed by atoms with Crippen LogP contribution >= 0.6 is 0 Å². The van der Waals surface area contributed by atoms with Gasteiger partial charge in [-0.05, 0) is 25.0 Å². The Morgan fingerprint density at radius 2 is 1.82 bits per heavy atom. The summed E-state index contributed by atoms with van der Waals surface area (Å²) in [5, 5.41) is 0. The van der Waals surface area contributed by atoms with Gasteiger partial charge in [-0.25, -0.2) is 14.6 Å². The normalized spacial score (nSPS) is 14.2. The van der Waals surface area contributed by atoms with Gasteiger partial charge in [0.15, 0.2) is 0 Å². The standard InChI is InChI=1S/C12H13NO4/c1-16-11(14)8-5-9(7-3-4-7)13-10(6-8)12(15)17-2/h5-7H,3-4H2,1-2H3. The van der Waals surface area contributed by atoms with E-state index in [4.69, 9.17) is 0 Å². The highest BCUT2D eigenvalue weighted by Gasteiger charge is 2.27. The Morgan fingerprint density at radius 3 is 2.35 bits per heavy atom. The van der Waals surface area contributed by atoms with Crippen LogP contribution in [0.4, 0.5) is 0 Å². The van der Waals surface area contributed by atoms with Crippen LogP contribution in [0.15, 0.2) is 12.1 Å². The molecule has 17 heavy (non-hydrogen) atoms. The molecule has 5 nitrogen and oxygen atoms in total. The summed E-state index contributed by atoms with van der Waals surface area (Å²) in [6, 6.07) is 3.07. The molecule has 2 rings (SSSR count). The molecule has 1 aliphatic rings. The van der Waals surface area contributed by atoms with Crippen molar-refractivity contribution >= 4 is 11.9 Å². The molecule has 0 aliphatic heterocycles. The Morgan fingerprint density at radius 1 is 1.18 bits per heavy atom. The fourth-order valence-electron chi connectivity index (χ4n) is 1.58. The van der Waals surface area contributed by atoms with E-state index < -0.39 is 11.9 Å². The van der Waals surface area contributed by atoms with Crippen LogP contribution in [-0.4, -0.2) is 31.1 Å². The van der Waals surface area contributed by atoms with E-state index in [1.807, 2.05) is 0 Å². The first-order chi connectivity index (χ1) is 8.15. The Hall–Kier alpha value is -1.91. The third kappa shape index (κ3) is 2.43. The second kappa shape index (κ2) is 4.53. The summed E-state index contributed by atoms with van der Waals surface area (Å²) in [7, 11) is 2.59. The Labute approximate surface area is 98.7 Å². The first kappa shape index (κ1) is 11.6. The molecule has 1 saturated carbocycles. The fraction of sp³-hybridized carbons (Fsp3) is 0.417. The van der Waals surface area contributed by atoms with Crippen molar-refractivity contribution < 1.29 is 19.1 Å². The van der Waals surface area contributed by atoms with Crippen molar-refractivity contribution in [1.82, 2.24) is 4.98 Å². The topological polar surface area (TPSA) is 65.5 Å². The van der Waals surface area contributed by atoms with Crippen molar-refractivity contribution in [3.63, 3.8) is 0 Å². The van der Waals surface area contributed by atoms with Crippen LogP contribution in [0, 0.1) is 0 Å². The van der Waals surface area contributed by atoms with Gasteiger partial charge in [0, 0.05) is 11.6 Å². The second-order valence-corrected chi connectivity index (χ2v) is 3.92. The lowest BCUT2D eigenvalue weighted by atomic mass is 10.1. The lowest BCUT2D eigenvalue weighted by molar-refractivity contribution is 0.0593. The molecule has 90 valence electrons. The number of methoxy groups -OCH3 is 2. The number of ether oxygens (including phenoxy) is 2. The summed E-state index contributed by atoms with van der Waals surface area (Å²) >= 11 is 0. The molecular weight excluding hydrogens is 222 g/mol. The number of carbonyl (C=O) groups excluding carboxylic acids is 2. The van der Waals surface area contributed by atoms with E-state index >= 15 is 0 Å². The van der Waals surface area contributed by atoms with Gasteiger partial charge < -0.3 is 9.47 Å². The molecule has 0 radical (unpaired) electrons. The minimum atomic E-state index is -0.544. The molecule has 5 heteroatoms. The monoisotopic (exact) mass is 235 g/mol. The van der Waals surface area contributed by atoms with Crippen LogP contribution in [0.25, 0.3) is 0 Å². The molecule has 1 aromatic rings. The van der Waals surface area contributed by atoms with Crippen LogP contribution in [0.3, 0.4) is 0 Å². The van der Waals surface area contributed by atoms with E-state index in [1.165, 1.54) is 20.3 Å². The Kier molecular flexibility index (Phi) is 3.08. The molecule has 0 spiro atoms. The molecule has 1 aromatic heterocycles.